The molecule has 0 aliphatic heterocycles. The summed E-state index contributed by atoms with van der Waals surface area (Å²) in [5.41, 5.74) is 1.05. The molecule has 2 rings (SSSR count). The lowest BCUT2D eigenvalue weighted by molar-refractivity contribution is 1.17. The molecular formula is C8H5BrN2S. The summed E-state index contributed by atoms with van der Waals surface area (Å²) in [4.78, 5) is 9.09. The predicted molar refractivity (Wildman–Crippen MR) is 53.0 cm³/mol. The van der Waals surface area contributed by atoms with Gasteiger partial charge in [-0.05, 0) is 27.4 Å². The van der Waals surface area contributed by atoms with Gasteiger partial charge in [0.1, 0.15) is 6.33 Å². The van der Waals surface area contributed by atoms with Crippen LogP contribution in [-0.4, -0.2) is 9.97 Å². The van der Waals surface area contributed by atoms with Gasteiger partial charge in [0.05, 0.1) is 4.88 Å². The lowest BCUT2D eigenvalue weighted by atomic mass is 10.3. The van der Waals surface area contributed by atoms with Crippen molar-refractivity contribution in [1.82, 2.24) is 9.97 Å². The number of nitrogens with zero attached hydrogens (tertiary/aromatic N) is 2. The zero-order valence-electron chi connectivity index (χ0n) is 6.07. The summed E-state index contributed by atoms with van der Waals surface area (Å²) in [5.74, 6) is 0. The van der Waals surface area contributed by atoms with Gasteiger partial charge in [-0.25, -0.2) is 9.97 Å². The van der Waals surface area contributed by atoms with Crippen LogP contribution in [0, 0.1) is 0 Å². The molecule has 0 unspecified atom stereocenters. The minimum Gasteiger partial charge on any atom is -0.244 e. The molecule has 0 spiro atoms. The van der Waals surface area contributed by atoms with Gasteiger partial charge in [0.15, 0.2) is 0 Å². The molecule has 60 valence electrons. The van der Waals surface area contributed by atoms with E-state index in [-0.39, 0.29) is 0 Å². The molecule has 0 saturated carbocycles. The van der Waals surface area contributed by atoms with Crippen molar-refractivity contribution in [1.29, 1.82) is 0 Å². The van der Waals surface area contributed by atoms with E-state index in [1.165, 1.54) is 11.2 Å². The van der Waals surface area contributed by atoms with Crippen LogP contribution in [0.4, 0.5) is 0 Å². The molecular weight excluding hydrogens is 236 g/mol. The first-order valence-corrected chi connectivity index (χ1v) is 5.03. The summed E-state index contributed by atoms with van der Waals surface area (Å²) in [5, 5.41) is 2.03. The normalized spacial score (nSPS) is 10.1. The van der Waals surface area contributed by atoms with Crippen molar-refractivity contribution < 1.29 is 0 Å². The zero-order chi connectivity index (χ0) is 8.39. The van der Waals surface area contributed by atoms with Crippen molar-refractivity contribution in [2.75, 3.05) is 0 Å². The van der Waals surface area contributed by atoms with Crippen LogP contribution in [0.3, 0.4) is 0 Å². The molecule has 0 amide bonds. The molecule has 0 aliphatic carbocycles. The van der Waals surface area contributed by atoms with Crippen LogP contribution in [-0.2, 0) is 0 Å². The van der Waals surface area contributed by atoms with Gasteiger partial charge in [0.25, 0.3) is 0 Å². The van der Waals surface area contributed by atoms with E-state index in [0.717, 1.165) is 10.0 Å². The van der Waals surface area contributed by atoms with E-state index in [1.54, 1.807) is 11.3 Å². The summed E-state index contributed by atoms with van der Waals surface area (Å²) >= 11 is 5.13. The zero-order valence-corrected chi connectivity index (χ0v) is 8.47. The first-order chi connectivity index (χ1) is 5.88. The van der Waals surface area contributed by atoms with Gasteiger partial charge in [0.2, 0.25) is 0 Å². The summed E-state index contributed by atoms with van der Waals surface area (Å²) < 4.78 is 1.10. The predicted octanol–water partition coefficient (Wildman–Crippen LogP) is 2.97. The van der Waals surface area contributed by atoms with Gasteiger partial charge in [-0.3, -0.25) is 0 Å². The SMILES string of the molecule is Brc1ccsc1-c1cncnc1. The summed E-state index contributed by atoms with van der Waals surface area (Å²) in [7, 11) is 0. The quantitative estimate of drug-likeness (QED) is 0.767. The number of hydrogen-bond donors (Lipinski definition) is 0. The molecule has 12 heavy (non-hydrogen) atoms. The Morgan fingerprint density at radius 3 is 2.58 bits per heavy atom. The highest BCUT2D eigenvalue weighted by molar-refractivity contribution is 9.10. The van der Waals surface area contributed by atoms with Crippen LogP contribution in [0.25, 0.3) is 10.4 Å². The Labute approximate surface area is 82.4 Å². The number of aromatic nitrogens is 2. The molecule has 0 N–H and O–H groups in total. The molecule has 0 radical (unpaired) electrons. The smallest absolute Gasteiger partial charge is 0.115 e. The minimum absolute atomic E-state index is 1.05. The highest BCUT2D eigenvalue weighted by Gasteiger charge is 2.03. The molecule has 2 aromatic rings. The van der Waals surface area contributed by atoms with Gasteiger partial charge < -0.3 is 0 Å². The van der Waals surface area contributed by atoms with Crippen molar-refractivity contribution in [2.45, 2.75) is 0 Å². The Bertz CT molecular complexity index is 372. The van der Waals surface area contributed by atoms with E-state index in [4.69, 9.17) is 0 Å². The summed E-state index contributed by atoms with van der Waals surface area (Å²) in [6.07, 6.45) is 5.15. The van der Waals surface area contributed by atoms with Crippen molar-refractivity contribution in [3.05, 3.63) is 34.6 Å². The third kappa shape index (κ3) is 1.40. The van der Waals surface area contributed by atoms with Gasteiger partial charge in [-0.2, -0.15) is 0 Å². The van der Waals surface area contributed by atoms with E-state index >= 15 is 0 Å². The van der Waals surface area contributed by atoms with Crippen LogP contribution in [0.2, 0.25) is 0 Å². The maximum atomic E-state index is 3.96. The monoisotopic (exact) mass is 240 g/mol. The molecule has 2 aromatic heterocycles. The Morgan fingerprint density at radius 1 is 1.25 bits per heavy atom. The van der Waals surface area contributed by atoms with Crippen LogP contribution in [0.15, 0.2) is 34.6 Å². The molecule has 0 atom stereocenters. The van der Waals surface area contributed by atoms with Gasteiger partial charge in [0, 0.05) is 22.4 Å². The highest BCUT2D eigenvalue weighted by atomic mass is 79.9. The Kier molecular flexibility index (Phi) is 2.19. The third-order valence-electron chi connectivity index (χ3n) is 1.44. The molecule has 2 heterocycles. The molecule has 2 nitrogen and oxygen atoms in total. The lowest BCUT2D eigenvalue weighted by Crippen LogP contribution is -1.78. The number of thiophene rings is 1. The van der Waals surface area contributed by atoms with Crippen molar-refractivity contribution in [2.24, 2.45) is 0 Å². The Morgan fingerprint density at radius 2 is 2.00 bits per heavy atom. The second-order valence-electron chi connectivity index (χ2n) is 2.22. The Balaban J connectivity index is 2.51. The van der Waals surface area contributed by atoms with E-state index in [0.29, 0.717) is 0 Å². The van der Waals surface area contributed by atoms with Crippen molar-refractivity contribution >= 4 is 27.3 Å². The lowest BCUT2D eigenvalue weighted by Gasteiger charge is -1.94. The topological polar surface area (TPSA) is 25.8 Å². The average Bonchev–Trinajstić information content (AvgIpc) is 2.53. The van der Waals surface area contributed by atoms with Crippen molar-refractivity contribution in [3.63, 3.8) is 0 Å². The van der Waals surface area contributed by atoms with Gasteiger partial charge >= 0.3 is 0 Å². The maximum Gasteiger partial charge on any atom is 0.115 e. The van der Waals surface area contributed by atoms with Gasteiger partial charge in [-0.15, -0.1) is 11.3 Å². The molecule has 4 heteroatoms. The fraction of sp³-hybridized carbons (Fsp3) is 0. The second-order valence-corrected chi connectivity index (χ2v) is 4.00. The van der Waals surface area contributed by atoms with E-state index in [2.05, 4.69) is 25.9 Å². The minimum atomic E-state index is 1.05. The summed E-state index contributed by atoms with van der Waals surface area (Å²) in [6, 6.07) is 2.02. The number of halogens is 1. The van der Waals surface area contributed by atoms with Crippen molar-refractivity contribution in [3.8, 4) is 10.4 Å². The first-order valence-electron chi connectivity index (χ1n) is 3.36. The second kappa shape index (κ2) is 3.33. The highest BCUT2D eigenvalue weighted by Crippen LogP contribution is 2.32. The van der Waals surface area contributed by atoms with E-state index in [1.807, 2.05) is 23.8 Å². The molecule has 0 fully saturated rings. The fourth-order valence-corrected chi connectivity index (χ4v) is 2.49. The largest absolute Gasteiger partial charge is 0.244 e. The van der Waals surface area contributed by atoms with Crippen LogP contribution in [0.5, 0.6) is 0 Å². The molecule has 0 bridgehead atoms. The molecule has 0 aromatic carbocycles. The average molecular weight is 241 g/mol. The van der Waals surface area contributed by atoms with Gasteiger partial charge in [-0.1, -0.05) is 0 Å². The molecule has 0 saturated heterocycles. The summed E-state index contributed by atoms with van der Waals surface area (Å²) in [6.45, 7) is 0. The third-order valence-corrected chi connectivity index (χ3v) is 3.33. The maximum absolute atomic E-state index is 3.96. The first kappa shape index (κ1) is 7.89. The van der Waals surface area contributed by atoms with Crippen LogP contribution in [0.1, 0.15) is 0 Å². The molecule has 0 aliphatic rings. The standard InChI is InChI=1S/C8H5BrN2S/c9-7-1-2-12-8(7)6-3-10-5-11-4-6/h1-5H. The van der Waals surface area contributed by atoms with E-state index < -0.39 is 0 Å². The fourth-order valence-electron chi connectivity index (χ4n) is 0.916. The Hall–Kier alpha value is -0.740. The number of rotatable bonds is 1. The number of hydrogen-bond acceptors (Lipinski definition) is 3. The van der Waals surface area contributed by atoms with Crippen LogP contribution >= 0.6 is 27.3 Å². The van der Waals surface area contributed by atoms with E-state index in [9.17, 15) is 0 Å². The van der Waals surface area contributed by atoms with Crippen LogP contribution < -0.4 is 0 Å².